The topological polar surface area (TPSA) is 0 Å². The van der Waals surface area contributed by atoms with Crippen LogP contribution in [0.25, 0.3) is 0 Å². The summed E-state index contributed by atoms with van der Waals surface area (Å²) in [6.45, 7) is 0. The highest BCUT2D eigenvalue weighted by molar-refractivity contribution is 9.09. The van der Waals surface area contributed by atoms with Crippen molar-refractivity contribution < 1.29 is 0 Å². The fourth-order valence-corrected chi connectivity index (χ4v) is 6.35. The fourth-order valence-electron chi connectivity index (χ4n) is 4.72. The van der Waals surface area contributed by atoms with Gasteiger partial charge in [-0.25, -0.2) is 0 Å². The second-order valence-electron chi connectivity index (χ2n) is 6.13. The van der Waals surface area contributed by atoms with E-state index in [4.69, 9.17) is 23.2 Å². The Labute approximate surface area is 126 Å². The molecule has 0 aromatic heterocycles. The second-order valence-corrected chi connectivity index (χ2v) is 7.96. The molecular weight excluding hydrogens is 331 g/mol. The van der Waals surface area contributed by atoms with E-state index in [0.717, 1.165) is 39.6 Å². The van der Waals surface area contributed by atoms with Crippen molar-refractivity contribution in [1.29, 1.82) is 0 Å². The van der Waals surface area contributed by atoms with Gasteiger partial charge in [-0.3, -0.25) is 0 Å². The first kappa shape index (κ1) is 12.1. The number of hydrogen-bond acceptors (Lipinski definition) is 0. The molecule has 0 radical (unpaired) electrons. The molecular formula is C15H15BrCl2. The first-order chi connectivity index (χ1) is 8.66. The molecule has 4 rings (SSSR count). The summed E-state index contributed by atoms with van der Waals surface area (Å²) in [4.78, 5) is 0.391. The lowest BCUT2D eigenvalue weighted by molar-refractivity contribution is 0.456. The predicted octanol–water partition coefficient (Wildman–Crippen LogP) is 5.72. The van der Waals surface area contributed by atoms with Gasteiger partial charge >= 0.3 is 0 Å². The summed E-state index contributed by atoms with van der Waals surface area (Å²) in [5.74, 6) is 4.73. The van der Waals surface area contributed by atoms with Gasteiger partial charge in [-0.15, -0.1) is 0 Å². The maximum absolute atomic E-state index is 6.32. The number of halogens is 3. The standard InChI is InChI=1S/C15H15BrCl2/c16-15(10-6-9(17)3-4-11(10)18)14-12-7-1-2-8(5-7)13(12)14/h3-4,6-8,12-15H,1-2,5H2. The van der Waals surface area contributed by atoms with Gasteiger partial charge in [0.1, 0.15) is 0 Å². The van der Waals surface area contributed by atoms with E-state index < -0.39 is 0 Å². The molecule has 0 aliphatic heterocycles. The van der Waals surface area contributed by atoms with Crippen LogP contribution < -0.4 is 0 Å². The van der Waals surface area contributed by atoms with E-state index in [9.17, 15) is 0 Å². The van der Waals surface area contributed by atoms with Crippen LogP contribution in [0.1, 0.15) is 29.7 Å². The molecule has 2 bridgehead atoms. The molecule has 5 unspecified atom stereocenters. The molecule has 96 valence electrons. The van der Waals surface area contributed by atoms with Crippen LogP contribution in [-0.2, 0) is 0 Å². The lowest BCUT2D eigenvalue weighted by Crippen LogP contribution is -2.04. The van der Waals surface area contributed by atoms with Gasteiger partial charge < -0.3 is 0 Å². The van der Waals surface area contributed by atoms with Crippen LogP contribution in [0.15, 0.2) is 18.2 Å². The maximum Gasteiger partial charge on any atom is 0.0450 e. The molecule has 0 amide bonds. The fraction of sp³-hybridized carbons (Fsp3) is 0.600. The number of rotatable bonds is 2. The average Bonchev–Trinajstić information content (AvgIpc) is 2.79. The molecule has 3 fully saturated rings. The minimum absolute atomic E-state index is 0.391. The van der Waals surface area contributed by atoms with Crippen molar-refractivity contribution in [2.75, 3.05) is 0 Å². The third-order valence-electron chi connectivity index (χ3n) is 5.39. The molecule has 0 heterocycles. The van der Waals surface area contributed by atoms with E-state index in [0.29, 0.717) is 4.83 Å². The van der Waals surface area contributed by atoms with Gasteiger partial charge in [0.15, 0.2) is 0 Å². The van der Waals surface area contributed by atoms with Crippen molar-refractivity contribution in [3.05, 3.63) is 33.8 Å². The summed E-state index contributed by atoms with van der Waals surface area (Å²) in [7, 11) is 0. The Morgan fingerprint density at radius 2 is 1.78 bits per heavy atom. The molecule has 1 aromatic rings. The van der Waals surface area contributed by atoms with E-state index >= 15 is 0 Å². The van der Waals surface area contributed by atoms with Crippen LogP contribution >= 0.6 is 39.1 Å². The smallest absolute Gasteiger partial charge is 0.0450 e. The van der Waals surface area contributed by atoms with Crippen LogP contribution in [0, 0.1) is 29.6 Å². The average molecular weight is 346 g/mol. The van der Waals surface area contributed by atoms with E-state index in [2.05, 4.69) is 15.9 Å². The van der Waals surface area contributed by atoms with Crippen molar-refractivity contribution >= 4 is 39.1 Å². The lowest BCUT2D eigenvalue weighted by atomic mass is 9.97. The van der Waals surface area contributed by atoms with Crippen LogP contribution in [0.2, 0.25) is 10.0 Å². The van der Waals surface area contributed by atoms with Crippen molar-refractivity contribution in [1.82, 2.24) is 0 Å². The lowest BCUT2D eigenvalue weighted by Gasteiger charge is -2.16. The highest BCUT2D eigenvalue weighted by atomic mass is 79.9. The monoisotopic (exact) mass is 344 g/mol. The minimum Gasteiger partial charge on any atom is -0.0843 e. The number of fused-ring (bicyclic) bond motifs is 5. The molecule has 3 aliphatic rings. The number of benzene rings is 1. The molecule has 1 aromatic carbocycles. The Kier molecular flexibility index (Phi) is 2.77. The first-order valence-electron chi connectivity index (χ1n) is 6.76. The predicted molar refractivity (Wildman–Crippen MR) is 79.4 cm³/mol. The molecule has 0 N–H and O–H groups in total. The minimum atomic E-state index is 0.391. The molecule has 0 spiro atoms. The molecule has 3 heteroatoms. The van der Waals surface area contributed by atoms with E-state index in [1.807, 2.05) is 18.2 Å². The van der Waals surface area contributed by atoms with Crippen LogP contribution in [-0.4, -0.2) is 0 Å². The first-order valence-corrected chi connectivity index (χ1v) is 8.43. The Balaban J connectivity index is 1.61. The molecule has 0 nitrogen and oxygen atoms in total. The number of hydrogen-bond donors (Lipinski definition) is 0. The Hall–Kier alpha value is 0.280. The van der Waals surface area contributed by atoms with Crippen molar-refractivity contribution in [3.63, 3.8) is 0 Å². The normalized spacial score (nSPS) is 41.8. The molecule has 0 saturated heterocycles. The summed E-state index contributed by atoms with van der Waals surface area (Å²) in [6, 6.07) is 5.81. The maximum atomic E-state index is 6.32. The highest BCUT2D eigenvalue weighted by Crippen LogP contribution is 2.73. The van der Waals surface area contributed by atoms with Gasteiger partial charge in [0.2, 0.25) is 0 Å². The largest absolute Gasteiger partial charge is 0.0843 e. The van der Waals surface area contributed by atoms with Gasteiger partial charge in [-0.1, -0.05) is 39.1 Å². The van der Waals surface area contributed by atoms with E-state index in [-0.39, 0.29) is 0 Å². The third-order valence-corrected chi connectivity index (χ3v) is 7.07. The second kappa shape index (κ2) is 4.14. The van der Waals surface area contributed by atoms with E-state index in [1.165, 1.54) is 24.8 Å². The molecule has 18 heavy (non-hydrogen) atoms. The van der Waals surface area contributed by atoms with Crippen LogP contribution in [0.3, 0.4) is 0 Å². The zero-order valence-electron chi connectivity index (χ0n) is 9.95. The highest BCUT2D eigenvalue weighted by Gasteiger charge is 2.66. The zero-order chi connectivity index (χ0) is 12.4. The summed E-state index contributed by atoms with van der Waals surface area (Å²) in [5, 5.41) is 1.63. The van der Waals surface area contributed by atoms with Crippen molar-refractivity contribution in [2.24, 2.45) is 29.6 Å². The Morgan fingerprint density at radius 3 is 2.44 bits per heavy atom. The van der Waals surface area contributed by atoms with Gasteiger partial charge in [0.25, 0.3) is 0 Å². The Morgan fingerprint density at radius 1 is 1.11 bits per heavy atom. The van der Waals surface area contributed by atoms with Crippen LogP contribution in [0.5, 0.6) is 0 Å². The van der Waals surface area contributed by atoms with Crippen molar-refractivity contribution in [2.45, 2.75) is 24.1 Å². The summed E-state index contributed by atoms with van der Waals surface area (Å²) in [5.41, 5.74) is 1.18. The summed E-state index contributed by atoms with van der Waals surface area (Å²) >= 11 is 16.3. The SMILES string of the molecule is Clc1ccc(Cl)c(C(Br)C2C3C4CCC(C4)C32)c1. The summed E-state index contributed by atoms with van der Waals surface area (Å²) < 4.78 is 0. The quantitative estimate of drug-likeness (QED) is 0.601. The van der Waals surface area contributed by atoms with Gasteiger partial charge in [-0.2, -0.15) is 0 Å². The van der Waals surface area contributed by atoms with Crippen molar-refractivity contribution in [3.8, 4) is 0 Å². The molecule has 5 atom stereocenters. The molecule has 3 saturated carbocycles. The third kappa shape index (κ3) is 1.63. The number of alkyl halides is 1. The van der Waals surface area contributed by atoms with Gasteiger partial charge in [0.05, 0.1) is 0 Å². The molecule has 3 aliphatic carbocycles. The zero-order valence-corrected chi connectivity index (χ0v) is 13.0. The summed E-state index contributed by atoms with van der Waals surface area (Å²) in [6.07, 6.45) is 4.42. The van der Waals surface area contributed by atoms with Gasteiger partial charge in [0, 0.05) is 14.9 Å². The Bertz CT molecular complexity index is 485. The van der Waals surface area contributed by atoms with E-state index in [1.54, 1.807) is 0 Å². The van der Waals surface area contributed by atoms with Gasteiger partial charge in [-0.05, 0) is 72.6 Å². The van der Waals surface area contributed by atoms with Crippen LogP contribution in [0.4, 0.5) is 0 Å².